The number of nitrogens with zero attached hydrogens (tertiary/aromatic N) is 2. The molecule has 5 nitrogen and oxygen atoms in total. The largest absolute Gasteiger partial charge is 0.495 e. The summed E-state index contributed by atoms with van der Waals surface area (Å²) >= 11 is 0. The first-order valence-corrected chi connectivity index (χ1v) is 6.77. The molecule has 3 rings (SSSR count). The molecule has 2 aromatic carbocycles. The number of hydrogen-bond acceptors (Lipinski definition) is 4. The smallest absolute Gasteiger partial charge is 0.150 e. The van der Waals surface area contributed by atoms with Gasteiger partial charge in [0.25, 0.3) is 0 Å². The van der Waals surface area contributed by atoms with Gasteiger partial charge in [0, 0.05) is 6.20 Å². The highest BCUT2D eigenvalue weighted by Gasteiger charge is 2.07. The van der Waals surface area contributed by atoms with Crippen LogP contribution in [-0.4, -0.2) is 17.1 Å². The summed E-state index contributed by atoms with van der Waals surface area (Å²) in [7, 11) is 1.61. The molecule has 0 fully saturated rings. The summed E-state index contributed by atoms with van der Waals surface area (Å²) in [5.41, 5.74) is 2.93. The van der Waals surface area contributed by atoms with Crippen LogP contribution in [0, 0.1) is 11.3 Å². The van der Waals surface area contributed by atoms with Gasteiger partial charge < -0.3 is 15.0 Å². The molecule has 2 N–H and O–H groups in total. The summed E-state index contributed by atoms with van der Waals surface area (Å²) in [5, 5.41) is 12.4. The fourth-order valence-electron chi connectivity index (χ4n) is 2.15. The maximum Gasteiger partial charge on any atom is 0.150 e. The molecule has 0 aliphatic carbocycles. The van der Waals surface area contributed by atoms with E-state index < -0.39 is 0 Å². The van der Waals surface area contributed by atoms with Crippen molar-refractivity contribution in [1.29, 1.82) is 5.26 Å². The van der Waals surface area contributed by atoms with E-state index in [1.54, 1.807) is 13.3 Å². The Morgan fingerprint density at radius 2 is 2.00 bits per heavy atom. The van der Waals surface area contributed by atoms with Gasteiger partial charge in [-0.3, -0.25) is 0 Å². The third kappa shape index (κ3) is 2.63. The highest BCUT2D eigenvalue weighted by Crippen LogP contribution is 2.24. The first kappa shape index (κ1) is 13.7. The van der Waals surface area contributed by atoms with Crippen molar-refractivity contribution in [3.05, 3.63) is 60.6 Å². The molecule has 0 radical (unpaired) electrons. The van der Waals surface area contributed by atoms with Crippen molar-refractivity contribution < 1.29 is 4.74 Å². The molecule has 0 bridgehead atoms. The number of methoxy groups -OCH3 is 1. The highest BCUT2D eigenvalue weighted by atomic mass is 16.5. The minimum absolute atomic E-state index is 0.419. The molecular weight excluding hydrogens is 276 g/mol. The predicted molar refractivity (Wildman–Crippen MR) is 86.3 cm³/mol. The van der Waals surface area contributed by atoms with Gasteiger partial charge >= 0.3 is 0 Å². The van der Waals surface area contributed by atoms with E-state index in [9.17, 15) is 5.26 Å². The van der Waals surface area contributed by atoms with E-state index in [-0.39, 0.29) is 0 Å². The van der Waals surface area contributed by atoms with Crippen molar-refractivity contribution in [2.24, 2.45) is 0 Å². The average Bonchev–Trinajstić information content (AvgIpc) is 2.99. The molecule has 1 aromatic heterocycles. The highest BCUT2D eigenvalue weighted by molar-refractivity contribution is 5.82. The molecule has 0 atom stereocenters. The van der Waals surface area contributed by atoms with E-state index in [1.165, 1.54) is 0 Å². The Kier molecular flexibility index (Phi) is 3.75. The van der Waals surface area contributed by atoms with Crippen LogP contribution in [-0.2, 0) is 0 Å². The number of allylic oxidation sites excluding steroid dienone is 1. The van der Waals surface area contributed by atoms with E-state index >= 15 is 0 Å². The Balaban J connectivity index is 1.92. The molecule has 0 saturated heterocycles. The van der Waals surface area contributed by atoms with Crippen molar-refractivity contribution >= 4 is 22.3 Å². The molecule has 0 unspecified atom stereocenters. The van der Waals surface area contributed by atoms with E-state index in [0.29, 0.717) is 17.1 Å². The number of hydrogen-bond donors (Lipinski definition) is 2. The molecular formula is C17H14N4O. The third-order valence-corrected chi connectivity index (χ3v) is 3.24. The van der Waals surface area contributed by atoms with Crippen LogP contribution in [0.5, 0.6) is 5.75 Å². The fourth-order valence-corrected chi connectivity index (χ4v) is 2.15. The average molecular weight is 290 g/mol. The molecule has 5 heteroatoms. The van der Waals surface area contributed by atoms with Gasteiger partial charge in [-0.05, 0) is 24.3 Å². The summed E-state index contributed by atoms with van der Waals surface area (Å²) in [6.07, 6.45) is 1.62. The lowest BCUT2D eigenvalue weighted by Gasteiger charge is -2.07. The lowest BCUT2D eigenvalue weighted by molar-refractivity contribution is 0.417. The first-order valence-electron chi connectivity index (χ1n) is 6.77. The summed E-state index contributed by atoms with van der Waals surface area (Å²) in [4.78, 5) is 7.56. The van der Waals surface area contributed by atoms with Gasteiger partial charge in [0.2, 0.25) is 0 Å². The number of nitriles is 1. The van der Waals surface area contributed by atoms with Crippen LogP contribution < -0.4 is 10.1 Å². The molecule has 0 aliphatic rings. The van der Waals surface area contributed by atoms with E-state index in [2.05, 4.69) is 21.4 Å². The van der Waals surface area contributed by atoms with Gasteiger partial charge in [-0.25, -0.2) is 4.98 Å². The molecule has 1 heterocycles. The van der Waals surface area contributed by atoms with Crippen LogP contribution in [0.4, 0.5) is 5.69 Å². The molecule has 108 valence electrons. The second-order valence-electron chi connectivity index (χ2n) is 4.62. The quantitative estimate of drug-likeness (QED) is 0.721. The molecule has 0 aliphatic heterocycles. The third-order valence-electron chi connectivity index (χ3n) is 3.24. The van der Waals surface area contributed by atoms with Crippen LogP contribution in [0.25, 0.3) is 16.6 Å². The Labute approximate surface area is 127 Å². The number of aromatic nitrogens is 2. The van der Waals surface area contributed by atoms with Crippen LogP contribution >= 0.6 is 0 Å². The van der Waals surface area contributed by atoms with E-state index in [4.69, 9.17) is 4.74 Å². The van der Waals surface area contributed by atoms with Crippen molar-refractivity contribution in [3.63, 3.8) is 0 Å². The summed E-state index contributed by atoms with van der Waals surface area (Å²) < 4.78 is 5.27. The molecule has 0 spiro atoms. The number of aromatic amines is 1. The SMILES string of the molecule is COc1ccccc1NC=C(C#N)c1nc2ccccc2[nH]1. The van der Waals surface area contributed by atoms with Gasteiger partial charge in [-0.2, -0.15) is 5.26 Å². The number of benzene rings is 2. The van der Waals surface area contributed by atoms with Crippen LogP contribution in [0.3, 0.4) is 0 Å². The summed E-state index contributed by atoms with van der Waals surface area (Å²) in [6.45, 7) is 0. The van der Waals surface area contributed by atoms with Gasteiger partial charge in [0.1, 0.15) is 17.4 Å². The fraction of sp³-hybridized carbons (Fsp3) is 0.0588. The number of ether oxygens (including phenoxy) is 1. The molecule has 0 amide bonds. The zero-order valence-electron chi connectivity index (χ0n) is 12.0. The van der Waals surface area contributed by atoms with Crippen LogP contribution in [0.15, 0.2) is 54.7 Å². The summed E-state index contributed by atoms with van der Waals surface area (Å²) in [6, 6.07) is 17.3. The van der Waals surface area contributed by atoms with Crippen molar-refractivity contribution in [2.45, 2.75) is 0 Å². The lowest BCUT2D eigenvalue weighted by atomic mass is 10.2. The monoisotopic (exact) mass is 290 g/mol. The van der Waals surface area contributed by atoms with Gasteiger partial charge in [-0.15, -0.1) is 0 Å². The summed E-state index contributed by atoms with van der Waals surface area (Å²) in [5.74, 6) is 1.24. The normalized spacial score (nSPS) is 11.2. The molecule has 3 aromatic rings. The Bertz CT molecular complexity index is 840. The lowest BCUT2D eigenvalue weighted by Crippen LogP contribution is -1.95. The number of para-hydroxylation sites is 4. The number of H-pyrrole nitrogens is 1. The zero-order chi connectivity index (χ0) is 15.4. The molecule has 0 saturated carbocycles. The number of nitrogens with one attached hydrogen (secondary N) is 2. The maximum absolute atomic E-state index is 9.36. The number of imidazole rings is 1. The second-order valence-corrected chi connectivity index (χ2v) is 4.62. The van der Waals surface area contributed by atoms with Gasteiger partial charge in [-0.1, -0.05) is 24.3 Å². The van der Waals surface area contributed by atoms with Crippen LogP contribution in [0.1, 0.15) is 5.82 Å². The first-order chi connectivity index (χ1) is 10.8. The van der Waals surface area contributed by atoms with Crippen molar-refractivity contribution in [2.75, 3.05) is 12.4 Å². The topological polar surface area (TPSA) is 73.7 Å². The number of rotatable bonds is 4. The Morgan fingerprint density at radius 3 is 2.77 bits per heavy atom. The number of fused-ring (bicyclic) bond motifs is 1. The van der Waals surface area contributed by atoms with Gasteiger partial charge in [0.05, 0.1) is 23.8 Å². The maximum atomic E-state index is 9.36. The minimum atomic E-state index is 0.419. The van der Waals surface area contributed by atoms with E-state index in [1.807, 2.05) is 48.5 Å². The predicted octanol–water partition coefficient (Wildman–Crippen LogP) is 3.55. The second kappa shape index (κ2) is 6.02. The Hall–Kier alpha value is -3.26. The molecule has 22 heavy (non-hydrogen) atoms. The Morgan fingerprint density at radius 1 is 1.23 bits per heavy atom. The number of anilines is 1. The minimum Gasteiger partial charge on any atom is -0.495 e. The van der Waals surface area contributed by atoms with Crippen molar-refractivity contribution in [3.8, 4) is 11.8 Å². The van der Waals surface area contributed by atoms with E-state index in [0.717, 1.165) is 16.7 Å². The standard InChI is InChI=1S/C17H14N4O/c1-22-16-9-5-4-8-15(16)19-11-12(10-18)17-20-13-6-2-3-7-14(13)21-17/h2-9,11,19H,1H3,(H,20,21). The van der Waals surface area contributed by atoms with Gasteiger partial charge in [0.15, 0.2) is 5.82 Å². The zero-order valence-corrected chi connectivity index (χ0v) is 12.0. The van der Waals surface area contributed by atoms with Crippen molar-refractivity contribution in [1.82, 2.24) is 9.97 Å². The van der Waals surface area contributed by atoms with Crippen LogP contribution in [0.2, 0.25) is 0 Å².